The Morgan fingerprint density at radius 1 is 1.21 bits per heavy atom. The Balaban J connectivity index is 2.84. The molecule has 1 fully saturated rings. The van der Waals surface area contributed by atoms with E-state index in [1.807, 2.05) is 0 Å². The van der Waals surface area contributed by atoms with Crippen molar-refractivity contribution in [2.45, 2.75) is 30.1 Å². The van der Waals surface area contributed by atoms with Crippen LogP contribution in [0.5, 0.6) is 0 Å². The fourth-order valence-corrected chi connectivity index (χ4v) is 1.36. The normalized spacial score (nSPS) is 49.3. The van der Waals surface area contributed by atoms with Crippen LogP contribution in [0.2, 0.25) is 0 Å². The topological polar surface area (TPSA) is 136 Å². The molecule has 0 bridgehead atoms. The van der Waals surface area contributed by atoms with Gasteiger partial charge in [0.05, 0.1) is 13.2 Å². The van der Waals surface area contributed by atoms with Crippen molar-refractivity contribution in [3.8, 4) is 0 Å². The number of rotatable bonds is 2. The highest BCUT2D eigenvalue weighted by atomic mass is 16.6. The van der Waals surface area contributed by atoms with Crippen molar-refractivity contribution in [2.75, 3.05) is 13.2 Å². The molecule has 0 aliphatic carbocycles. The van der Waals surface area contributed by atoms with Gasteiger partial charge in [-0.05, 0) is 0 Å². The van der Waals surface area contributed by atoms with Crippen LogP contribution in [0.3, 0.4) is 0 Å². The summed E-state index contributed by atoms with van der Waals surface area (Å²) in [5.41, 5.74) is 3.61. The number of nitrogens with two attached hydrogens (primary N) is 1. The molecule has 7 nitrogen and oxygen atoms in total. The second-order valence-corrected chi connectivity index (χ2v) is 3.42. The van der Waals surface area contributed by atoms with Crippen molar-refractivity contribution in [3.05, 3.63) is 0 Å². The summed E-state index contributed by atoms with van der Waals surface area (Å²) in [6, 6.07) is 0. The first-order valence-electron chi connectivity index (χ1n) is 4.17. The number of aliphatic hydroxyl groups excluding tert-OH is 5. The van der Waals surface area contributed by atoms with E-state index in [0.29, 0.717) is 0 Å². The van der Waals surface area contributed by atoms with Crippen LogP contribution < -0.4 is 5.73 Å². The molecular formula is C7H15NO6. The van der Waals surface area contributed by atoms with Crippen molar-refractivity contribution >= 4 is 0 Å². The van der Waals surface area contributed by atoms with Gasteiger partial charge in [0.25, 0.3) is 0 Å². The second kappa shape index (κ2) is 4.07. The minimum Gasteiger partial charge on any atom is -0.394 e. The maximum absolute atomic E-state index is 9.48. The number of ether oxygens (including phenoxy) is 1. The Labute approximate surface area is 80.3 Å². The molecule has 1 aliphatic rings. The van der Waals surface area contributed by atoms with E-state index in [1.165, 1.54) is 0 Å². The maximum atomic E-state index is 9.48. The van der Waals surface area contributed by atoms with Crippen LogP contribution in [0, 0.1) is 0 Å². The van der Waals surface area contributed by atoms with Gasteiger partial charge in [0.2, 0.25) is 0 Å². The molecule has 0 spiro atoms. The zero-order valence-electron chi connectivity index (χ0n) is 7.45. The van der Waals surface area contributed by atoms with Crippen molar-refractivity contribution in [2.24, 2.45) is 5.73 Å². The van der Waals surface area contributed by atoms with Crippen molar-refractivity contribution in [1.29, 1.82) is 0 Å². The molecule has 84 valence electrons. The van der Waals surface area contributed by atoms with E-state index >= 15 is 0 Å². The maximum Gasteiger partial charge on any atom is 0.178 e. The van der Waals surface area contributed by atoms with Gasteiger partial charge in [-0.25, -0.2) is 0 Å². The van der Waals surface area contributed by atoms with E-state index in [0.717, 1.165) is 0 Å². The Kier molecular flexibility index (Phi) is 3.43. The molecule has 0 amide bonds. The highest BCUT2D eigenvalue weighted by molar-refractivity contribution is 5.03. The van der Waals surface area contributed by atoms with Gasteiger partial charge in [-0.2, -0.15) is 0 Å². The summed E-state index contributed by atoms with van der Waals surface area (Å²) in [4.78, 5) is 0. The van der Waals surface area contributed by atoms with Crippen LogP contribution in [0.4, 0.5) is 0 Å². The lowest BCUT2D eigenvalue weighted by molar-refractivity contribution is -0.282. The van der Waals surface area contributed by atoms with Gasteiger partial charge in [-0.15, -0.1) is 0 Å². The lowest BCUT2D eigenvalue weighted by atomic mass is 9.85. The predicted molar refractivity (Wildman–Crippen MR) is 44.0 cm³/mol. The third-order valence-electron chi connectivity index (χ3n) is 2.47. The fourth-order valence-electron chi connectivity index (χ4n) is 1.36. The van der Waals surface area contributed by atoms with E-state index in [9.17, 15) is 15.3 Å². The molecule has 5 atom stereocenters. The van der Waals surface area contributed by atoms with Gasteiger partial charge in [0.1, 0.15) is 23.9 Å². The first-order valence-corrected chi connectivity index (χ1v) is 4.17. The molecule has 1 rings (SSSR count). The minimum atomic E-state index is -1.83. The van der Waals surface area contributed by atoms with Crippen LogP contribution >= 0.6 is 0 Å². The average molecular weight is 209 g/mol. The summed E-state index contributed by atoms with van der Waals surface area (Å²) in [7, 11) is 0. The fraction of sp³-hybridized carbons (Fsp3) is 1.00. The number of hydrogen-bond acceptors (Lipinski definition) is 7. The van der Waals surface area contributed by atoms with Crippen LogP contribution in [-0.4, -0.2) is 68.9 Å². The highest BCUT2D eigenvalue weighted by Gasteiger charge is 2.52. The molecule has 1 aliphatic heterocycles. The monoisotopic (exact) mass is 209 g/mol. The first-order chi connectivity index (χ1) is 6.47. The summed E-state index contributed by atoms with van der Waals surface area (Å²) in [6.07, 6.45) is -5.75. The Bertz CT molecular complexity index is 203. The van der Waals surface area contributed by atoms with Crippen molar-refractivity contribution in [3.63, 3.8) is 0 Å². The summed E-state index contributed by atoms with van der Waals surface area (Å²) >= 11 is 0. The largest absolute Gasteiger partial charge is 0.394 e. The quantitative estimate of drug-likeness (QED) is 0.273. The minimum absolute atomic E-state index is 0.559. The standard InChI is InChI=1S/C7H15NO6/c8-7(2-10)5(12)4(11)3(1-9)14-6(7)13/h3-6,9-13H,1-2,8H2/t3-,4-,5+,6?,7-/m1/s1. The smallest absolute Gasteiger partial charge is 0.178 e. The van der Waals surface area contributed by atoms with Crippen LogP contribution in [0.15, 0.2) is 0 Å². The second-order valence-electron chi connectivity index (χ2n) is 3.42. The molecule has 0 aromatic rings. The molecule has 1 unspecified atom stereocenters. The predicted octanol–water partition coefficient (Wildman–Crippen LogP) is -3.89. The molecule has 0 radical (unpaired) electrons. The molecule has 0 aromatic heterocycles. The van der Waals surface area contributed by atoms with Gasteiger partial charge in [0, 0.05) is 0 Å². The van der Waals surface area contributed by atoms with E-state index in [4.69, 9.17) is 20.7 Å². The van der Waals surface area contributed by atoms with Crippen LogP contribution in [-0.2, 0) is 4.74 Å². The molecule has 14 heavy (non-hydrogen) atoms. The molecule has 7 heteroatoms. The molecule has 7 N–H and O–H groups in total. The first kappa shape index (κ1) is 11.8. The SMILES string of the molecule is N[C@@]1(CO)C(O)O[C@H](CO)[C@@H](O)[C@@H]1O. The Morgan fingerprint density at radius 2 is 1.79 bits per heavy atom. The molecule has 1 heterocycles. The van der Waals surface area contributed by atoms with Crippen molar-refractivity contribution in [1.82, 2.24) is 0 Å². The lowest BCUT2D eigenvalue weighted by Gasteiger charge is -2.45. The van der Waals surface area contributed by atoms with E-state index < -0.39 is 43.4 Å². The number of hydrogen-bond donors (Lipinski definition) is 6. The van der Waals surface area contributed by atoms with Crippen molar-refractivity contribution < 1.29 is 30.3 Å². The summed E-state index contributed by atoms with van der Waals surface area (Å²) in [6.45, 7) is -1.30. The third-order valence-corrected chi connectivity index (χ3v) is 2.47. The zero-order valence-corrected chi connectivity index (χ0v) is 7.45. The van der Waals surface area contributed by atoms with Crippen LogP contribution in [0.25, 0.3) is 0 Å². The Morgan fingerprint density at radius 3 is 2.21 bits per heavy atom. The van der Waals surface area contributed by atoms with Gasteiger partial charge in [0.15, 0.2) is 6.29 Å². The summed E-state index contributed by atoms with van der Waals surface area (Å²) in [5, 5.41) is 45.8. The molecule has 0 aromatic carbocycles. The van der Waals surface area contributed by atoms with Crippen LogP contribution in [0.1, 0.15) is 0 Å². The van der Waals surface area contributed by atoms with E-state index in [1.54, 1.807) is 0 Å². The molecular weight excluding hydrogens is 194 g/mol. The van der Waals surface area contributed by atoms with Gasteiger partial charge in [-0.1, -0.05) is 0 Å². The third kappa shape index (κ3) is 1.63. The van der Waals surface area contributed by atoms with E-state index in [2.05, 4.69) is 0 Å². The molecule has 0 saturated carbocycles. The molecule has 1 saturated heterocycles. The number of aliphatic hydroxyl groups is 5. The Hall–Kier alpha value is -0.280. The zero-order chi connectivity index (χ0) is 10.9. The lowest BCUT2D eigenvalue weighted by Crippen LogP contribution is -2.72. The van der Waals surface area contributed by atoms with Gasteiger partial charge in [-0.3, -0.25) is 0 Å². The average Bonchev–Trinajstić information content (AvgIpc) is 2.20. The summed E-state index contributed by atoms with van der Waals surface area (Å²) in [5.74, 6) is 0. The van der Waals surface area contributed by atoms with Gasteiger partial charge >= 0.3 is 0 Å². The highest BCUT2D eigenvalue weighted by Crippen LogP contribution is 2.26. The van der Waals surface area contributed by atoms with Gasteiger partial charge < -0.3 is 36.0 Å². The summed E-state index contributed by atoms with van der Waals surface area (Å²) < 4.78 is 4.74. The van der Waals surface area contributed by atoms with E-state index in [-0.39, 0.29) is 0 Å².